The average molecular weight is 427 g/mol. The van der Waals surface area contributed by atoms with Gasteiger partial charge >= 0.3 is 0 Å². The zero-order valence-corrected chi connectivity index (χ0v) is 16.9. The number of halogens is 1. The number of para-hydroxylation sites is 1. The van der Waals surface area contributed by atoms with E-state index >= 15 is 0 Å². The minimum absolute atomic E-state index is 0. The Hall–Kier alpha value is -2.13. The third kappa shape index (κ3) is 5.23. The van der Waals surface area contributed by atoms with Crippen LogP contribution in [0.15, 0.2) is 53.4 Å². The highest BCUT2D eigenvalue weighted by molar-refractivity contribution is 7.91. The van der Waals surface area contributed by atoms with Gasteiger partial charge in [-0.2, -0.15) is 0 Å². The normalized spacial score (nSPS) is 18.9. The molecule has 2 aromatic rings. The minimum atomic E-state index is -3.40. The third-order valence-electron chi connectivity index (χ3n) is 4.34. The molecule has 3 N–H and O–H groups in total. The zero-order chi connectivity index (χ0) is 19.4. The van der Waals surface area contributed by atoms with E-state index in [2.05, 4.69) is 10.6 Å². The van der Waals surface area contributed by atoms with Gasteiger partial charge in [-0.05, 0) is 42.8 Å². The van der Waals surface area contributed by atoms with Crippen molar-refractivity contribution in [3.05, 3.63) is 48.5 Å². The van der Waals surface area contributed by atoms with E-state index in [1.165, 1.54) is 6.07 Å². The van der Waals surface area contributed by atoms with E-state index in [4.69, 9.17) is 4.74 Å². The Morgan fingerprint density at radius 1 is 1.21 bits per heavy atom. The number of β-amino-alcohol motifs (C(OH)–C–C–N with tert-alkyl or cyclic N) is 1. The summed E-state index contributed by atoms with van der Waals surface area (Å²) in [5.74, 6) is 0.503. The van der Waals surface area contributed by atoms with Crippen molar-refractivity contribution in [1.29, 1.82) is 0 Å². The molecule has 1 amide bonds. The number of amides is 1. The smallest absolute Gasteiger partial charge is 0.241 e. The second kappa shape index (κ2) is 9.38. The van der Waals surface area contributed by atoms with E-state index in [0.717, 1.165) is 0 Å². The number of aliphatic hydroxyl groups excluding tert-OH is 1. The summed E-state index contributed by atoms with van der Waals surface area (Å²) in [5.41, 5.74) is 0.588. The number of hydrogen-bond donors (Lipinski definition) is 3. The summed E-state index contributed by atoms with van der Waals surface area (Å²) >= 11 is 0. The molecule has 28 heavy (non-hydrogen) atoms. The molecule has 9 heteroatoms. The summed E-state index contributed by atoms with van der Waals surface area (Å²) in [4.78, 5) is 12.3. The number of rotatable bonds is 6. The van der Waals surface area contributed by atoms with Crippen LogP contribution in [0.5, 0.6) is 11.5 Å². The maximum atomic E-state index is 12.2. The molecule has 2 unspecified atom stereocenters. The molecular formula is C19H23ClN2O5S. The van der Waals surface area contributed by atoms with Gasteiger partial charge in [0.25, 0.3) is 0 Å². The highest BCUT2D eigenvalue weighted by Crippen LogP contribution is 2.30. The first-order chi connectivity index (χ1) is 12.9. The van der Waals surface area contributed by atoms with E-state index in [1.807, 2.05) is 0 Å². The van der Waals surface area contributed by atoms with Crippen molar-refractivity contribution in [2.45, 2.75) is 30.4 Å². The van der Waals surface area contributed by atoms with Gasteiger partial charge in [0.1, 0.15) is 16.4 Å². The van der Waals surface area contributed by atoms with Gasteiger partial charge in [-0.25, -0.2) is 8.42 Å². The molecule has 0 spiro atoms. The second-order valence-corrected chi connectivity index (χ2v) is 8.56. The van der Waals surface area contributed by atoms with Gasteiger partial charge in [-0.15, -0.1) is 12.4 Å². The fourth-order valence-electron chi connectivity index (χ4n) is 2.83. The van der Waals surface area contributed by atoms with Crippen LogP contribution < -0.4 is 15.4 Å². The van der Waals surface area contributed by atoms with Crippen molar-refractivity contribution in [2.24, 2.45) is 0 Å². The van der Waals surface area contributed by atoms with Crippen LogP contribution in [-0.2, 0) is 14.6 Å². The molecule has 1 aliphatic rings. The minimum Gasteiger partial charge on any atom is -0.456 e. The van der Waals surface area contributed by atoms with Gasteiger partial charge in [0.15, 0.2) is 9.84 Å². The van der Waals surface area contributed by atoms with Gasteiger partial charge in [-0.1, -0.05) is 19.1 Å². The Morgan fingerprint density at radius 3 is 2.50 bits per heavy atom. The number of carbonyl (C=O) groups excluding carboxylic acids is 1. The first kappa shape index (κ1) is 22.2. The number of benzene rings is 2. The molecule has 0 bridgehead atoms. The van der Waals surface area contributed by atoms with Crippen molar-refractivity contribution >= 4 is 33.8 Å². The van der Waals surface area contributed by atoms with Crippen LogP contribution in [0, 0.1) is 0 Å². The van der Waals surface area contributed by atoms with Crippen molar-refractivity contribution in [3.8, 4) is 11.5 Å². The van der Waals surface area contributed by atoms with Crippen LogP contribution in [-0.4, -0.2) is 43.9 Å². The molecule has 0 saturated carbocycles. The quantitative estimate of drug-likeness (QED) is 0.655. The predicted octanol–water partition coefficient (Wildman–Crippen LogP) is 2.36. The standard InChI is InChI=1S/C19H22N2O5S.ClH/c1-2-27(24,25)18-6-4-3-5-17(18)26-15-9-7-13(8-10-15)21-19(23)16-11-14(22)12-20-16;/h3-10,14,16,20,22H,2,11-12H2,1H3,(H,21,23);1H. The number of hydrogen-bond acceptors (Lipinski definition) is 6. The van der Waals surface area contributed by atoms with E-state index in [0.29, 0.717) is 24.4 Å². The molecule has 1 fully saturated rings. The zero-order valence-electron chi connectivity index (χ0n) is 15.3. The molecule has 0 aromatic heterocycles. The van der Waals surface area contributed by atoms with Crippen molar-refractivity contribution in [3.63, 3.8) is 0 Å². The van der Waals surface area contributed by atoms with Crippen LogP contribution in [0.1, 0.15) is 13.3 Å². The fourth-order valence-corrected chi connectivity index (χ4v) is 3.84. The predicted molar refractivity (Wildman–Crippen MR) is 109 cm³/mol. The Bertz CT molecular complexity index is 918. The fraction of sp³-hybridized carbons (Fsp3) is 0.316. The Kier molecular flexibility index (Phi) is 7.42. The summed E-state index contributed by atoms with van der Waals surface area (Å²) < 4.78 is 30.1. The number of carbonyl (C=O) groups is 1. The Balaban J connectivity index is 0.00000280. The monoisotopic (exact) mass is 426 g/mol. The molecule has 7 nitrogen and oxygen atoms in total. The summed E-state index contributed by atoms with van der Waals surface area (Å²) in [6.07, 6.45) is -0.119. The molecule has 2 aromatic carbocycles. The summed E-state index contributed by atoms with van der Waals surface area (Å²) in [7, 11) is -3.40. The van der Waals surface area contributed by atoms with E-state index in [-0.39, 0.29) is 34.7 Å². The average Bonchev–Trinajstić information content (AvgIpc) is 3.10. The van der Waals surface area contributed by atoms with Crippen LogP contribution in [0.3, 0.4) is 0 Å². The van der Waals surface area contributed by atoms with Crippen LogP contribution in [0.2, 0.25) is 0 Å². The van der Waals surface area contributed by atoms with Gasteiger partial charge in [0.05, 0.1) is 17.9 Å². The molecule has 1 aliphatic heterocycles. The van der Waals surface area contributed by atoms with Crippen LogP contribution >= 0.6 is 12.4 Å². The topological polar surface area (TPSA) is 105 Å². The lowest BCUT2D eigenvalue weighted by molar-refractivity contribution is -0.117. The lowest BCUT2D eigenvalue weighted by Crippen LogP contribution is -2.35. The highest BCUT2D eigenvalue weighted by atomic mass is 35.5. The Morgan fingerprint density at radius 2 is 1.89 bits per heavy atom. The lowest BCUT2D eigenvalue weighted by atomic mass is 10.2. The van der Waals surface area contributed by atoms with E-state index in [9.17, 15) is 18.3 Å². The number of ether oxygens (including phenoxy) is 1. The highest BCUT2D eigenvalue weighted by Gasteiger charge is 2.28. The largest absolute Gasteiger partial charge is 0.456 e. The molecule has 2 atom stereocenters. The molecule has 0 aliphatic carbocycles. The molecule has 152 valence electrons. The number of aliphatic hydroxyl groups is 1. The van der Waals surface area contributed by atoms with Crippen LogP contribution in [0.4, 0.5) is 5.69 Å². The molecule has 0 radical (unpaired) electrons. The van der Waals surface area contributed by atoms with Crippen LogP contribution in [0.25, 0.3) is 0 Å². The van der Waals surface area contributed by atoms with Crippen molar-refractivity contribution in [2.75, 3.05) is 17.6 Å². The third-order valence-corrected chi connectivity index (χ3v) is 6.11. The van der Waals surface area contributed by atoms with Gasteiger partial charge in [-0.3, -0.25) is 4.79 Å². The summed E-state index contributed by atoms with van der Waals surface area (Å²) in [6.45, 7) is 1.99. The van der Waals surface area contributed by atoms with Gasteiger partial charge < -0.3 is 20.5 Å². The van der Waals surface area contributed by atoms with Crippen molar-refractivity contribution in [1.82, 2.24) is 5.32 Å². The maximum Gasteiger partial charge on any atom is 0.241 e. The number of sulfone groups is 1. The summed E-state index contributed by atoms with van der Waals surface area (Å²) in [6, 6.07) is 12.7. The lowest BCUT2D eigenvalue weighted by Gasteiger charge is -2.13. The first-order valence-electron chi connectivity index (χ1n) is 8.71. The SMILES string of the molecule is CCS(=O)(=O)c1ccccc1Oc1ccc(NC(=O)C2CC(O)CN2)cc1.Cl. The van der Waals surface area contributed by atoms with Crippen molar-refractivity contribution < 1.29 is 23.1 Å². The Labute approximate surface area is 170 Å². The van der Waals surface area contributed by atoms with E-state index in [1.54, 1.807) is 49.4 Å². The van der Waals surface area contributed by atoms with Gasteiger partial charge in [0, 0.05) is 12.2 Å². The molecule has 1 saturated heterocycles. The summed E-state index contributed by atoms with van der Waals surface area (Å²) in [5, 5.41) is 15.2. The maximum absolute atomic E-state index is 12.2. The second-order valence-electron chi connectivity index (χ2n) is 6.32. The molecule has 1 heterocycles. The molecule has 3 rings (SSSR count). The number of anilines is 1. The number of nitrogens with one attached hydrogen (secondary N) is 2. The molecular weight excluding hydrogens is 404 g/mol. The van der Waals surface area contributed by atoms with E-state index < -0.39 is 22.0 Å². The first-order valence-corrected chi connectivity index (χ1v) is 10.4. The van der Waals surface area contributed by atoms with Gasteiger partial charge in [0.2, 0.25) is 5.91 Å².